The van der Waals surface area contributed by atoms with Gasteiger partial charge in [0.1, 0.15) is 0 Å². The Bertz CT molecular complexity index is 430. The highest BCUT2D eigenvalue weighted by molar-refractivity contribution is 7.87. The van der Waals surface area contributed by atoms with Crippen molar-refractivity contribution in [3.8, 4) is 0 Å². The Morgan fingerprint density at radius 2 is 1.95 bits per heavy atom. The standard InChI is InChI=1S/C12H23N3O3S/c1-14(2)19(17,18)13-8-10-7-12(16)15(9-10)11-5-3-4-6-11/h10-11,13H,3-9H2,1-2H3/t10-/m1/s1. The van der Waals surface area contributed by atoms with Gasteiger partial charge in [-0.25, -0.2) is 4.72 Å². The summed E-state index contributed by atoms with van der Waals surface area (Å²) in [6.07, 6.45) is 5.06. The molecule has 19 heavy (non-hydrogen) atoms. The number of likely N-dealkylation sites (tertiary alicyclic amines) is 1. The minimum atomic E-state index is -3.39. The van der Waals surface area contributed by atoms with Crippen molar-refractivity contribution in [2.75, 3.05) is 27.2 Å². The first kappa shape index (κ1) is 14.7. The topological polar surface area (TPSA) is 69.7 Å². The first-order valence-electron chi connectivity index (χ1n) is 6.86. The lowest BCUT2D eigenvalue weighted by Crippen LogP contribution is -2.39. The largest absolute Gasteiger partial charge is 0.339 e. The fourth-order valence-corrected chi connectivity index (χ4v) is 3.57. The highest BCUT2D eigenvalue weighted by Gasteiger charge is 2.35. The van der Waals surface area contributed by atoms with Gasteiger partial charge in [0.25, 0.3) is 10.2 Å². The third-order valence-electron chi connectivity index (χ3n) is 4.04. The van der Waals surface area contributed by atoms with Crippen molar-refractivity contribution < 1.29 is 13.2 Å². The maximum Gasteiger partial charge on any atom is 0.278 e. The zero-order valence-electron chi connectivity index (χ0n) is 11.6. The Labute approximate surface area is 115 Å². The maximum absolute atomic E-state index is 12.0. The van der Waals surface area contributed by atoms with Crippen LogP contribution in [-0.4, -0.2) is 56.8 Å². The summed E-state index contributed by atoms with van der Waals surface area (Å²) >= 11 is 0. The number of nitrogens with one attached hydrogen (secondary N) is 1. The Morgan fingerprint density at radius 3 is 2.53 bits per heavy atom. The van der Waals surface area contributed by atoms with Crippen molar-refractivity contribution in [3.05, 3.63) is 0 Å². The van der Waals surface area contributed by atoms with E-state index in [1.165, 1.54) is 26.9 Å². The van der Waals surface area contributed by atoms with E-state index >= 15 is 0 Å². The quantitative estimate of drug-likeness (QED) is 0.784. The third kappa shape index (κ3) is 3.46. The van der Waals surface area contributed by atoms with Crippen LogP contribution in [0.15, 0.2) is 0 Å². The molecule has 0 aromatic rings. The van der Waals surface area contributed by atoms with Gasteiger partial charge in [-0.05, 0) is 18.8 Å². The van der Waals surface area contributed by atoms with Crippen molar-refractivity contribution in [1.29, 1.82) is 0 Å². The molecule has 0 bridgehead atoms. The van der Waals surface area contributed by atoms with Crippen LogP contribution in [0.4, 0.5) is 0 Å². The monoisotopic (exact) mass is 289 g/mol. The molecule has 0 aromatic heterocycles. The van der Waals surface area contributed by atoms with Gasteiger partial charge in [0.15, 0.2) is 0 Å². The van der Waals surface area contributed by atoms with Gasteiger partial charge in [0.05, 0.1) is 0 Å². The third-order valence-corrected chi connectivity index (χ3v) is 5.53. The van der Waals surface area contributed by atoms with E-state index in [2.05, 4.69) is 4.72 Å². The SMILES string of the molecule is CN(C)S(=O)(=O)NC[C@H]1CC(=O)N(C2CCCC2)C1. The lowest BCUT2D eigenvalue weighted by molar-refractivity contribution is -0.129. The predicted octanol–water partition coefficient (Wildman–Crippen LogP) is 0.174. The first-order valence-corrected chi connectivity index (χ1v) is 8.31. The highest BCUT2D eigenvalue weighted by Crippen LogP contribution is 2.29. The van der Waals surface area contributed by atoms with Crippen LogP contribution in [0.3, 0.4) is 0 Å². The van der Waals surface area contributed by atoms with Crippen molar-refractivity contribution in [3.63, 3.8) is 0 Å². The van der Waals surface area contributed by atoms with Crippen molar-refractivity contribution in [2.45, 2.75) is 38.1 Å². The average molecular weight is 289 g/mol. The molecule has 1 aliphatic carbocycles. The molecule has 1 N–H and O–H groups in total. The second kappa shape index (κ2) is 5.76. The van der Waals surface area contributed by atoms with Gasteiger partial charge in [0, 0.05) is 39.6 Å². The number of hydrogen-bond acceptors (Lipinski definition) is 3. The molecule has 0 unspecified atom stereocenters. The van der Waals surface area contributed by atoms with Gasteiger partial charge in [-0.2, -0.15) is 12.7 Å². The number of hydrogen-bond donors (Lipinski definition) is 1. The summed E-state index contributed by atoms with van der Waals surface area (Å²) in [6.45, 7) is 1.04. The number of rotatable bonds is 5. The van der Waals surface area contributed by atoms with Crippen LogP contribution in [0.25, 0.3) is 0 Å². The summed E-state index contributed by atoms with van der Waals surface area (Å²) in [4.78, 5) is 13.9. The van der Waals surface area contributed by atoms with Gasteiger partial charge in [-0.3, -0.25) is 4.79 Å². The highest BCUT2D eigenvalue weighted by atomic mass is 32.2. The summed E-state index contributed by atoms with van der Waals surface area (Å²) in [5.41, 5.74) is 0. The van der Waals surface area contributed by atoms with Crippen molar-refractivity contribution >= 4 is 16.1 Å². The second-order valence-electron chi connectivity index (χ2n) is 5.69. The molecule has 0 radical (unpaired) electrons. The van der Waals surface area contributed by atoms with Crippen LogP contribution in [0.5, 0.6) is 0 Å². The van der Waals surface area contributed by atoms with E-state index in [1.807, 2.05) is 4.90 Å². The second-order valence-corrected chi connectivity index (χ2v) is 7.66. The van der Waals surface area contributed by atoms with Crippen LogP contribution < -0.4 is 4.72 Å². The maximum atomic E-state index is 12.0. The van der Waals surface area contributed by atoms with E-state index < -0.39 is 10.2 Å². The van der Waals surface area contributed by atoms with Crippen LogP contribution in [0.2, 0.25) is 0 Å². The minimum Gasteiger partial charge on any atom is -0.339 e. The Balaban J connectivity index is 1.86. The fourth-order valence-electron chi connectivity index (χ4n) is 2.87. The van der Waals surface area contributed by atoms with E-state index in [4.69, 9.17) is 0 Å². The van der Waals surface area contributed by atoms with Gasteiger partial charge >= 0.3 is 0 Å². The zero-order valence-corrected chi connectivity index (χ0v) is 12.4. The van der Waals surface area contributed by atoms with Crippen LogP contribution in [0, 0.1) is 5.92 Å². The van der Waals surface area contributed by atoms with E-state index in [-0.39, 0.29) is 11.8 Å². The van der Waals surface area contributed by atoms with Gasteiger partial charge in [-0.1, -0.05) is 12.8 Å². The number of carbonyl (C=O) groups is 1. The minimum absolute atomic E-state index is 0.0998. The van der Waals surface area contributed by atoms with Crippen LogP contribution in [0.1, 0.15) is 32.1 Å². The smallest absolute Gasteiger partial charge is 0.278 e. The Hall–Kier alpha value is -0.660. The average Bonchev–Trinajstić information content (AvgIpc) is 2.95. The zero-order chi connectivity index (χ0) is 14.0. The lowest BCUT2D eigenvalue weighted by Gasteiger charge is -2.24. The van der Waals surface area contributed by atoms with Crippen molar-refractivity contribution in [1.82, 2.24) is 13.9 Å². The molecule has 7 heteroatoms. The molecular formula is C12H23N3O3S. The van der Waals surface area contributed by atoms with Gasteiger partial charge in [-0.15, -0.1) is 0 Å². The van der Waals surface area contributed by atoms with Crippen molar-refractivity contribution in [2.24, 2.45) is 5.92 Å². The summed E-state index contributed by atoms with van der Waals surface area (Å²) in [7, 11) is -0.400. The Kier molecular flexibility index (Phi) is 4.47. The number of nitrogens with zero attached hydrogens (tertiary/aromatic N) is 2. The van der Waals surface area contributed by atoms with Crippen LogP contribution >= 0.6 is 0 Å². The molecule has 2 fully saturated rings. The Morgan fingerprint density at radius 1 is 1.32 bits per heavy atom. The van der Waals surface area contributed by atoms with E-state index in [9.17, 15) is 13.2 Å². The number of carbonyl (C=O) groups excluding carboxylic acids is 1. The molecule has 110 valence electrons. The molecule has 1 saturated heterocycles. The predicted molar refractivity (Wildman–Crippen MR) is 72.7 cm³/mol. The summed E-state index contributed by atoms with van der Waals surface area (Å²) in [5, 5.41) is 0. The number of amides is 1. The van der Waals surface area contributed by atoms with E-state index in [1.54, 1.807) is 0 Å². The van der Waals surface area contributed by atoms with Gasteiger partial charge in [0.2, 0.25) is 5.91 Å². The normalized spacial score (nSPS) is 25.7. The molecule has 0 aromatic carbocycles. The molecule has 1 saturated carbocycles. The van der Waals surface area contributed by atoms with Gasteiger partial charge < -0.3 is 4.90 Å². The van der Waals surface area contributed by atoms with E-state index in [0.717, 1.165) is 17.1 Å². The molecule has 2 aliphatic rings. The summed E-state index contributed by atoms with van der Waals surface area (Å²) in [5.74, 6) is 0.281. The lowest BCUT2D eigenvalue weighted by atomic mass is 10.1. The van der Waals surface area contributed by atoms with Crippen LogP contribution in [-0.2, 0) is 15.0 Å². The fraction of sp³-hybridized carbons (Fsp3) is 0.917. The molecule has 1 atom stereocenters. The summed E-state index contributed by atoms with van der Waals surface area (Å²) in [6, 6.07) is 0.392. The molecular weight excluding hydrogens is 266 g/mol. The summed E-state index contributed by atoms with van der Waals surface area (Å²) < 4.78 is 26.9. The molecule has 1 amide bonds. The molecule has 1 aliphatic heterocycles. The molecule has 2 rings (SSSR count). The van der Waals surface area contributed by atoms with E-state index in [0.29, 0.717) is 25.6 Å². The molecule has 6 nitrogen and oxygen atoms in total. The molecule has 0 spiro atoms. The molecule has 1 heterocycles. The first-order chi connectivity index (χ1) is 8.90.